The second kappa shape index (κ2) is 9.31. The van der Waals surface area contributed by atoms with Crippen LogP contribution in [0.1, 0.15) is 48.5 Å². The van der Waals surface area contributed by atoms with Crippen LogP contribution in [0.3, 0.4) is 0 Å². The first-order chi connectivity index (χ1) is 17.2. The van der Waals surface area contributed by atoms with Crippen LogP contribution < -0.4 is 5.32 Å². The van der Waals surface area contributed by atoms with E-state index in [0.29, 0.717) is 6.54 Å². The van der Waals surface area contributed by atoms with Crippen LogP contribution in [0.2, 0.25) is 0 Å². The highest BCUT2D eigenvalue weighted by molar-refractivity contribution is 5.96. The molecule has 6 rings (SSSR count). The molecule has 178 valence electrons. The largest absolute Gasteiger partial charge is 0.347 e. The Morgan fingerprint density at radius 2 is 1.54 bits per heavy atom. The van der Waals surface area contributed by atoms with Gasteiger partial charge in [-0.25, -0.2) is 0 Å². The molecular formula is C30H32N4O. The van der Waals surface area contributed by atoms with E-state index < -0.39 is 5.41 Å². The molecule has 5 nitrogen and oxygen atoms in total. The Bertz CT molecular complexity index is 1300. The zero-order valence-electron chi connectivity index (χ0n) is 20.1. The molecule has 2 aliphatic rings. The number of carbonyl (C=O) groups is 1. The highest BCUT2D eigenvalue weighted by Crippen LogP contribution is 2.51. The molecule has 1 aromatic heterocycles. The molecule has 2 fully saturated rings. The first-order valence-corrected chi connectivity index (χ1v) is 12.8. The first-order valence-electron chi connectivity index (χ1n) is 12.8. The van der Waals surface area contributed by atoms with E-state index in [2.05, 4.69) is 81.6 Å². The summed E-state index contributed by atoms with van der Waals surface area (Å²) < 4.78 is 2.07. The minimum Gasteiger partial charge on any atom is -0.347 e. The summed E-state index contributed by atoms with van der Waals surface area (Å²) in [6, 6.07) is 29.0. The monoisotopic (exact) mass is 464 g/mol. The smallest absolute Gasteiger partial charge is 0.232 e. The minimum atomic E-state index is -0.525. The molecule has 1 aliphatic carbocycles. The Morgan fingerprint density at radius 1 is 0.886 bits per heavy atom. The number of nitrogens with one attached hydrogen (secondary N) is 1. The van der Waals surface area contributed by atoms with Crippen molar-refractivity contribution in [1.29, 1.82) is 0 Å². The van der Waals surface area contributed by atoms with E-state index in [4.69, 9.17) is 5.10 Å². The van der Waals surface area contributed by atoms with Gasteiger partial charge in [-0.1, -0.05) is 78.9 Å². The third-order valence-corrected chi connectivity index (χ3v) is 7.61. The fourth-order valence-electron chi connectivity index (χ4n) is 5.59. The summed E-state index contributed by atoms with van der Waals surface area (Å²) in [6.07, 6.45) is 4.19. The molecule has 2 heterocycles. The SMILES string of the molecule is O=C(N[C@H](CN1CCCC1)c1ccccc1)C1(c2c3ccccc3nn2Cc2ccccc2)CC1. The van der Waals surface area contributed by atoms with Crippen LogP contribution in [-0.4, -0.2) is 40.2 Å². The first kappa shape index (κ1) is 22.1. The summed E-state index contributed by atoms with van der Waals surface area (Å²) in [7, 11) is 0. The van der Waals surface area contributed by atoms with Crippen LogP contribution in [0.25, 0.3) is 10.9 Å². The molecule has 1 atom stereocenters. The molecule has 1 saturated heterocycles. The third-order valence-electron chi connectivity index (χ3n) is 7.61. The van der Waals surface area contributed by atoms with Crippen molar-refractivity contribution >= 4 is 16.8 Å². The number of hydrogen-bond acceptors (Lipinski definition) is 3. The second-order valence-electron chi connectivity index (χ2n) is 10.0. The molecule has 1 N–H and O–H groups in total. The van der Waals surface area contributed by atoms with Gasteiger partial charge in [-0.05, 0) is 56.0 Å². The molecule has 1 amide bonds. The van der Waals surface area contributed by atoms with Crippen molar-refractivity contribution in [3.8, 4) is 0 Å². The molecule has 3 aromatic carbocycles. The van der Waals surface area contributed by atoms with E-state index in [-0.39, 0.29) is 11.9 Å². The predicted molar refractivity (Wildman–Crippen MR) is 139 cm³/mol. The highest BCUT2D eigenvalue weighted by atomic mass is 16.2. The number of likely N-dealkylation sites (tertiary alicyclic amines) is 1. The van der Waals surface area contributed by atoms with Gasteiger partial charge in [0.1, 0.15) is 0 Å². The summed E-state index contributed by atoms with van der Waals surface area (Å²) in [5, 5.41) is 9.52. The Labute approximate surface area is 206 Å². The van der Waals surface area contributed by atoms with Crippen LogP contribution in [0.4, 0.5) is 0 Å². The Morgan fingerprint density at radius 3 is 2.26 bits per heavy atom. The summed E-state index contributed by atoms with van der Waals surface area (Å²) in [5.74, 6) is 0.130. The Balaban J connectivity index is 1.34. The number of aromatic nitrogens is 2. The van der Waals surface area contributed by atoms with Crippen molar-refractivity contribution in [3.63, 3.8) is 0 Å². The van der Waals surface area contributed by atoms with Gasteiger partial charge in [0.15, 0.2) is 0 Å². The highest BCUT2D eigenvalue weighted by Gasteiger charge is 2.55. The predicted octanol–water partition coefficient (Wildman–Crippen LogP) is 5.07. The lowest BCUT2D eigenvalue weighted by Crippen LogP contribution is -2.42. The molecule has 4 aromatic rings. The van der Waals surface area contributed by atoms with Crippen LogP contribution in [0.5, 0.6) is 0 Å². The van der Waals surface area contributed by atoms with Crippen molar-refractivity contribution in [2.75, 3.05) is 19.6 Å². The van der Waals surface area contributed by atoms with Crippen molar-refractivity contribution in [2.24, 2.45) is 0 Å². The van der Waals surface area contributed by atoms with E-state index in [1.54, 1.807) is 0 Å². The van der Waals surface area contributed by atoms with Gasteiger partial charge < -0.3 is 10.2 Å². The second-order valence-corrected chi connectivity index (χ2v) is 10.0. The number of hydrogen-bond donors (Lipinski definition) is 1. The molecular weight excluding hydrogens is 432 g/mol. The van der Waals surface area contributed by atoms with Gasteiger partial charge in [0.2, 0.25) is 5.91 Å². The molecule has 1 saturated carbocycles. The summed E-state index contributed by atoms with van der Waals surface area (Å²) in [4.78, 5) is 16.5. The van der Waals surface area contributed by atoms with Crippen LogP contribution in [0.15, 0.2) is 84.9 Å². The lowest BCUT2D eigenvalue weighted by molar-refractivity contribution is -0.124. The van der Waals surface area contributed by atoms with E-state index in [0.717, 1.165) is 49.1 Å². The van der Waals surface area contributed by atoms with Crippen molar-refractivity contribution < 1.29 is 4.79 Å². The number of benzene rings is 3. The van der Waals surface area contributed by atoms with Crippen LogP contribution >= 0.6 is 0 Å². The number of rotatable bonds is 8. The topological polar surface area (TPSA) is 50.2 Å². The Kier molecular flexibility index (Phi) is 5.86. The number of nitrogens with zero attached hydrogens (tertiary/aromatic N) is 3. The lowest BCUT2D eigenvalue weighted by atomic mass is 9.96. The van der Waals surface area contributed by atoms with Gasteiger partial charge in [0.05, 0.1) is 29.2 Å². The normalized spacial score (nSPS) is 17.9. The third kappa shape index (κ3) is 4.37. The quantitative estimate of drug-likeness (QED) is 0.396. The van der Waals surface area contributed by atoms with Crippen molar-refractivity contribution in [3.05, 3.63) is 102 Å². The van der Waals surface area contributed by atoms with Gasteiger partial charge in [0.25, 0.3) is 0 Å². The summed E-state index contributed by atoms with van der Waals surface area (Å²) in [6.45, 7) is 3.74. The average Bonchev–Trinajstić information content (AvgIpc) is 3.36. The molecule has 5 heteroatoms. The zero-order chi connectivity index (χ0) is 23.7. The van der Waals surface area contributed by atoms with Gasteiger partial charge in [-0.15, -0.1) is 0 Å². The fourth-order valence-corrected chi connectivity index (χ4v) is 5.59. The molecule has 0 bridgehead atoms. The molecule has 1 aliphatic heterocycles. The maximum absolute atomic E-state index is 14.1. The van der Waals surface area contributed by atoms with Gasteiger partial charge in [-0.3, -0.25) is 9.48 Å². The van der Waals surface area contributed by atoms with Gasteiger partial charge in [-0.2, -0.15) is 5.10 Å². The lowest BCUT2D eigenvalue weighted by Gasteiger charge is -2.27. The molecule has 0 unspecified atom stereocenters. The minimum absolute atomic E-state index is 0.0176. The maximum Gasteiger partial charge on any atom is 0.232 e. The average molecular weight is 465 g/mol. The fraction of sp³-hybridized carbons (Fsp3) is 0.333. The van der Waals surface area contributed by atoms with Crippen molar-refractivity contribution in [1.82, 2.24) is 20.0 Å². The molecule has 0 radical (unpaired) electrons. The standard InChI is InChI=1S/C30H32N4O/c35-29(31-27(22-33-19-9-10-20-33)24-13-5-2-6-14-24)30(17-18-30)28-25-15-7-8-16-26(25)32-34(28)21-23-11-3-1-4-12-23/h1-8,11-16,27H,9-10,17-22H2,(H,31,35)/t27-/m1/s1. The number of fused-ring (bicyclic) bond motifs is 1. The maximum atomic E-state index is 14.1. The summed E-state index contributed by atoms with van der Waals surface area (Å²) >= 11 is 0. The summed E-state index contributed by atoms with van der Waals surface area (Å²) in [5.41, 5.74) is 3.85. The van der Waals surface area contributed by atoms with E-state index >= 15 is 0 Å². The van der Waals surface area contributed by atoms with Crippen LogP contribution in [-0.2, 0) is 16.8 Å². The van der Waals surface area contributed by atoms with E-state index in [9.17, 15) is 4.79 Å². The Hall–Kier alpha value is -3.44. The van der Waals surface area contributed by atoms with Gasteiger partial charge >= 0.3 is 0 Å². The number of amides is 1. The van der Waals surface area contributed by atoms with Gasteiger partial charge in [0, 0.05) is 11.9 Å². The van der Waals surface area contributed by atoms with E-state index in [1.807, 2.05) is 18.2 Å². The van der Waals surface area contributed by atoms with E-state index in [1.165, 1.54) is 24.0 Å². The molecule has 0 spiro atoms. The number of carbonyl (C=O) groups excluding carboxylic acids is 1. The van der Waals surface area contributed by atoms with Crippen LogP contribution in [0, 0.1) is 0 Å². The zero-order valence-corrected chi connectivity index (χ0v) is 20.1. The molecule has 35 heavy (non-hydrogen) atoms. The van der Waals surface area contributed by atoms with Crippen molar-refractivity contribution in [2.45, 2.75) is 43.7 Å².